The van der Waals surface area contributed by atoms with Crippen LogP contribution in [0.4, 0.5) is 5.69 Å². The second-order valence-electron chi connectivity index (χ2n) is 9.36. The van der Waals surface area contributed by atoms with Gasteiger partial charge in [-0.3, -0.25) is 14.4 Å². The van der Waals surface area contributed by atoms with E-state index in [1.807, 2.05) is 30.3 Å². The molecule has 5 atom stereocenters. The first-order valence-electron chi connectivity index (χ1n) is 11.9. The van der Waals surface area contributed by atoms with E-state index in [0.29, 0.717) is 36.5 Å². The van der Waals surface area contributed by atoms with E-state index in [9.17, 15) is 19.5 Å². The molecule has 1 spiro atoms. The lowest BCUT2D eigenvalue weighted by atomic mass is 9.70. The number of likely N-dealkylation sites (tertiary alicyclic amines) is 1. The van der Waals surface area contributed by atoms with Crippen LogP contribution in [-0.2, 0) is 25.7 Å². The minimum atomic E-state index is -1.07. The number of benzene rings is 2. The number of fused-ring (bicyclic) bond motifs is 1. The number of carbonyl (C=O) groups excluding carboxylic acids is 3. The minimum Gasteiger partial charge on any atom is -0.396 e. The third-order valence-electron chi connectivity index (χ3n) is 7.33. The normalized spacial score (nSPS) is 28.7. The molecule has 3 aliphatic rings. The van der Waals surface area contributed by atoms with Crippen LogP contribution in [0.25, 0.3) is 0 Å². The number of hydrogen-bond donors (Lipinski definition) is 3. The molecule has 2 aromatic rings. The van der Waals surface area contributed by atoms with Crippen LogP contribution in [0.1, 0.15) is 24.8 Å². The highest BCUT2D eigenvalue weighted by Crippen LogP contribution is 2.58. The Balaban J connectivity index is 1.40. The number of anilines is 1. The Hall–Kier alpha value is -2.94. The summed E-state index contributed by atoms with van der Waals surface area (Å²) < 4.78 is 6.37. The van der Waals surface area contributed by atoms with Gasteiger partial charge in [-0.15, -0.1) is 0 Å². The molecule has 9 heteroatoms. The van der Waals surface area contributed by atoms with Crippen LogP contribution in [0.3, 0.4) is 0 Å². The van der Waals surface area contributed by atoms with E-state index in [0.717, 1.165) is 5.56 Å². The Morgan fingerprint density at radius 1 is 1.11 bits per heavy atom. The van der Waals surface area contributed by atoms with Crippen molar-refractivity contribution in [2.45, 2.75) is 43.6 Å². The maximum Gasteiger partial charge on any atom is 0.250 e. The van der Waals surface area contributed by atoms with Gasteiger partial charge in [0.15, 0.2) is 0 Å². The number of halogens is 1. The molecule has 3 fully saturated rings. The van der Waals surface area contributed by atoms with Crippen molar-refractivity contribution >= 4 is 35.0 Å². The van der Waals surface area contributed by atoms with Crippen molar-refractivity contribution in [1.29, 1.82) is 0 Å². The summed E-state index contributed by atoms with van der Waals surface area (Å²) in [7, 11) is 0. The first-order valence-corrected chi connectivity index (χ1v) is 12.3. The van der Waals surface area contributed by atoms with Gasteiger partial charge in [-0.2, -0.15) is 0 Å². The van der Waals surface area contributed by atoms with Crippen molar-refractivity contribution in [1.82, 2.24) is 10.2 Å². The van der Waals surface area contributed by atoms with E-state index >= 15 is 0 Å². The Bertz CT molecular complexity index is 1110. The quantitative estimate of drug-likeness (QED) is 0.519. The predicted molar refractivity (Wildman–Crippen MR) is 129 cm³/mol. The SMILES string of the molecule is O=C(Nc1ccc(Cl)cc1)C1N(CCCO)C(=O)[C@@H]2[C@H](C(=O)NCc3ccccc3)[C@@H]3CCC12O3. The zero-order valence-corrected chi connectivity index (χ0v) is 19.9. The predicted octanol–water partition coefficient (Wildman–Crippen LogP) is 2.35. The molecule has 184 valence electrons. The monoisotopic (exact) mass is 497 g/mol. The number of hydrogen-bond acceptors (Lipinski definition) is 5. The smallest absolute Gasteiger partial charge is 0.250 e. The Labute approximate surface area is 208 Å². The number of carbonyl (C=O) groups is 3. The largest absolute Gasteiger partial charge is 0.396 e. The summed E-state index contributed by atoms with van der Waals surface area (Å²) in [4.78, 5) is 42.0. The molecule has 2 bridgehead atoms. The summed E-state index contributed by atoms with van der Waals surface area (Å²) in [6.45, 7) is 0.446. The van der Waals surface area contributed by atoms with Crippen LogP contribution < -0.4 is 10.6 Å². The second kappa shape index (κ2) is 9.60. The van der Waals surface area contributed by atoms with Gasteiger partial charge in [-0.05, 0) is 49.1 Å². The molecule has 8 nitrogen and oxygen atoms in total. The molecule has 3 saturated heterocycles. The van der Waals surface area contributed by atoms with Gasteiger partial charge in [0.2, 0.25) is 17.7 Å². The molecule has 0 radical (unpaired) electrons. The van der Waals surface area contributed by atoms with Gasteiger partial charge in [0.1, 0.15) is 11.6 Å². The third kappa shape index (κ3) is 4.20. The van der Waals surface area contributed by atoms with Crippen molar-refractivity contribution in [3.8, 4) is 0 Å². The van der Waals surface area contributed by atoms with Crippen molar-refractivity contribution in [3.05, 3.63) is 65.2 Å². The summed E-state index contributed by atoms with van der Waals surface area (Å²) in [5.41, 5.74) is 0.448. The molecule has 5 rings (SSSR count). The van der Waals surface area contributed by atoms with Crippen LogP contribution in [-0.4, -0.2) is 58.6 Å². The molecule has 3 heterocycles. The summed E-state index contributed by atoms with van der Waals surface area (Å²) in [6, 6.07) is 15.4. The fourth-order valence-electron chi connectivity index (χ4n) is 5.88. The summed E-state index contributed by atoms with van der Waals surface area (Å²) >= 11 is 5.96. The van der Waals surface area contributed by atoms with Crippen molar-refractivity contribution in [2.24, 2.45) is 11.8 Å². The summed E-state index contributed by atoms with van der Waals surface area (Å²) in [5, 5.41) is 15.8. The van der Waals surface area contributed by atoms with Crippen molar-refractivity contribution in [3.63, 3.8) is 0 Å². The van der Waals surface area contributed by atoms with Crippen LogP contribution in [0, 0.1) is 11.8 Å². The Kier molecular flexibility index (Phi) is 6.53. The average molecular weight is 498 g/mol. The highest BCUT2D eigenvalue weighted by atomic mass is 35.5. The van der Waals surface area contributed by atoms with Crippen LogP contribution >= 0.6 is 11.6 Å². The van der Waals surface area contributed by atoms with Crippen molar-refractivity contribution in [2.75, 3.05) is 18.5 Å². The molecule has 2 aromatic carbocycles. The van der Waals surface area contributed by atoms with E-state index in [1.54, 1.807) is 24.3 Å². The van der Waals surface area contributed by atoms with Gasteiger partial charge < -0.3 is 25.4 Å². The number of aliphatic hydroxyl groups excluding tert-OH is 1. The van der Waals surface area contributed by atoms with Crippen molar-refractivity contribution < 1.29 is 24.2 Å². The van der Waals surface area contributed by atoms with E-state index < -0.39 is 29.6 Å². The maximum atomic E-state index is 13.7. The van der Waals surface area contributed by atoms with Gasteiger partial charge in [0.05, 0.1) is 17.9 Å². The number of rotatable bonds is 8. The molecular formula is C26H28ClN3O5. The van der Waals surface area contributed by atoms with Gasteiger partial charge in [0.25, 0.3) is 0 Å². The molecule has 0 aliphatic carbocycles. The number of aliphatic hydroxyl groups is 1. The fraction of sp³-hybridized carbons (Fsp3) is 0.423. The maximum absolute atomic E-state index is 13.7. The summed E-state index contributed by atoms with van der Waals surface area (Å²) in [5.74, 6) is -2.27. The van der Waals surface area contributed by atoms with Gasteiger partial charge in [-0.25, -0.2) is 0 Å². The second-order valence-corrected chi connectivity index (χ2v) is 9.80. The molecule has 35 heavy (non-hydrogen) atoms. The van der Waals surface area contributed by atoms with E-state index in [4.69, 9.17) is 16.3 Å². The Morgan fingerprint density at radius 2 is 1.86 bits per heavy atom. The zero-order valence-electron chi connectivity index (χ0n) is 19.2. The van der Waals surface area contributed by atoms with Crippen LogP contribution in [0.5, 0.6) is 0 Å². The third-order valence-corrected chi connectivity index (χ3v) is 7.58. The standard InChI is InChI=1S/C26H28ClN3O5/c27-17-7-9-18(10-8-17)29-24(33)22-26-12-11-19(35-26)20(21(26)25(34)30(22)13-4-14-31)23(32)28-15-16-5-2-1-3-6-16/h1-3,5-10,19-22,31H,4,11-15H2,(H,28,32)(H,29,33)/t19-,20+,21-,22?,26?/m0/s1. The van der Waals surface area contributed by atoms with Gasteiger partial charge in [0, 0.05) is 30.4 Å². The molecule has 2 unspecified atom stereocenters. The number of amides is 3. The first-order chi connectivity index (χ1) is 16.9. The Morgan fingerprint density at radius 3 is 2.57 bits per heavy atom. The molecular weight excluding hydrogens is 470 g/mol. The number of ether oxygens (including phenoxy) is 1. The van der Waals surface area contributed by atoms with E-state index in [-0.39, 0.29) is 30.9 Å². The van der Waals surface area contributed by atoms with Gasteiger partial charge in [-0.1, -0.05) is 41.9 Å². The molecule has 0 aromatic heterocycles. The fourth-order valence-corrected chi connectivity index (χ4v) is 6.01. The first kappa shape index (κ1) is 23.8. The number of nitrogens with zero attached hydrogens (tertiary/aromatic N) is 1. The lowest BCUT2D eigenvalue weighted by Crippen LogP contribution is -2.53. The van der Waals surface area contributed by atoms with Crippen LogP contribution in [0.15, 0.2) is 54.6 Å². The van der Waals surface area contributed by atoms with E-state index in [1.165, 1.54) is 4.90 Å². The topological polar surface area (TPSA) is 108 Å². The van der Waals surface area contributed by atoms with E-state index in [2.05, 4.69) is 10.6 Å². The molecule has 3 amide bonds. The summed E-state index contributed by atoms with van der Waals surface area (Å²) in [6.07, 6.45) is 1.04. The highest BCUT2D eigenvalue weighted by molar-refractivity contribution is 6.30. The lowest BCUT2D eigenvalue weighted by molar-refractivity contribution is -0.141. The average Bonchev–Trinajstić information content (AvgIpc) is 3.50. The lowest BCUT2D eigenvalue weighted by Gasteiger charge is -2.33. The van der Waals surface area contributed by atoms with Crippen LogP contribution in [0.2, 0.25) is 5.02 Å². The minimum absolute atomic E-state index is 0.114. The molecule has 3 aliphatic heterocycles. The van der Waals surface area contributed by atoms with Gasteiger partial charge >= 0.3 is 0 Å². The highest BCUT2D eigenvalue weighted by Gasteiger charge is 2.74. The molecule has 3 N–H and O–H groups in total. The zero-order chi connectivity index (χ0) is 24.6. The number of nitrogens with one attached hydrogen (secondary N) is 2. The molecule has 0 saturated carbocycles.